The SMILES string of the molecule is CCCNC(=O)CCC(=O)c1ccc2c(c1)C(O)=C(C(=O)Nc1ncc(C)s1)N(C)S2(=O)=O.CCCNC(=O)CCC(=O)c1ccc2c(c1)S(=O)(=O)N(C)C(C(=O)Nc1ncc(C)s1)=C2O.CCCNC(=O)CCC(=O)c1cccc2c1C(O)=C(C(=O)Nc1ncc(C)s1)N(C)S2(=O)=O.CCCNC(=O)CCC(=O)c1nc(NC(=O)C2=C(O)c3ccccc3S(=O)(=O)N2C)sc1C. The standard InChI is InChI=1S/4C21H24N4O6S2/c1-4-9-22-17(27)8-6-15(26)13-5-7-16-14(10-13)19(28)18(25(3)33(16,30)31)20(29)24-21-23-11-12(2)32-21;1-4-9-22-17(27)8-7-15(26)13-5-6-14-16(10-13)33(30,31)25(3)18(19(14)28)20(29)24-21-23-11-12(2)32-21;1-4-10-22-16(27)9-8-14(26)13-6-5-7-15-17(13)19(28)18(25(3)33(15,30)31)20(29)24-21-23-11-12(2)32-21;1-4-11-22-16(27)10-9-14(26)17-12(2)32-21(23-17)24-20(29)18-19(28)13-7-5-6-8-15(13)33(30,31)25(18)3/h5,7,10-11,28H,4,6,8-9H2,1-3H3,(H,22,27)(H,23,24,29);5-6,10-11,28H,4,7-9H2,1-3H3,(H,22,27)(H,23,24,29);5-7,11,28H,4,8-10H2,1-3H3,(H,22,27)(H,23,24,29);5-8,28H,4,9-11H2,1-3H3,(H,22,27)(H,23,24,29). The number of aliphatic hydroxyl groups is 4. The molecule has 0 atom stereocenters. The van der Waals surface area contributed by atoms with Gasteiger partial charge >= 0.3 is 0 Å². The first-order valence-corrected chi connectivity index (χ1v) is 49.7. The van der Waals surface area contributed by atoms with Crippen molar-refractivity contribution in [3.05, 3.63) is 184 Å². The number of aliphatic hydroxyl groups excluding tert-OH is 4. The van der Waals surface area contributed by atoms with Crippen molar-refractivity contribution in [2.24, 2.45) is 0 Å². The number of aryl methyl sites for hydroxylation is 4. The van der Waals surface area contributed by atoms with E-state index >= 15 is 0 Å². The van der Waals surface area contributed by atoms with Crippen LogP contribution in [-0.2, 0) is 78.4 Å². The number of carbonyl (C=O) groups excluding carboxylic acids is 12. The number of fused-ring (bicyclic) bond motifs is 4. The number of hydrogen-bond acceptors (Lipinski definition) is 32. The van der Waals surface area contributed by atoms with Crippen LogP contribution in [0.2, 0.25) is 0 Å². The lowest BCUT2D eigenvalue weighted by atomic mass is 9.97. The molecular weight excluding hydrogens is 1870 g/mol. The van der Waals surface area contributed by atoms with Crippen molar-refractivity contribution in [2.75, 3.05) is 75.6 Å². The number of amides is 8. The molecule has 132 heavy (non-hydrogen) atoms. The number of anilines is 4. The van der Waals surface area contributed by atoms with E-state index in [4.69, 9.17) is 0 Å². The first-order chi connectivity index (χ1) is 62.3. The number of hydrogen-bond donors (Lipinski definition) is 12. The predicted molar refractivity (Wildman–Crippen MR) is 493 cm³/mol. The van der Waals surface area contributed by atoms with Crippen LogP contribution in [0.15, 0.2) is 140 Å². The summed E-state index contributed by atoms with van der Waals surface area (Å²) >= 11 is 4.62. The number of benzene rings is 4. The summed E-state index contributed by atoms with van der Waals surface area (Å²) in [6, 6.07) is 17.4. The highest BCUT2D eigenvalue weighted by Gasteiger charge is 2.44. The van der Waals surface area contributed by atoms with Crippen LogP contribution < -0.4 is 42.5 Å². The number of likely N-dealkylation sites (N-methyl/N-ethyl adjacent to an activating group) is 4. The molecule has 48 heteroatoms. The van der Waals surface area contributed by atoms with Gasteiger partial charge in [0.25, 0.3) is 63.7 Å². The van der Waals surface area contributed by atoms with Crippen molar-refractivity contribution in [3.63, 3.8) is 0 Å². The molecule has 0 saturated heterocycles. The maximum atomic E-state index is 13.1. The van der Waals surface area contributed by atoms with Gasteiger partial charge in [-0.25, -0.2) is 53.6 Å². The quantitative estimate of drug-likeness (QED) is 0.0174. The third kappa shape index (κ3) is 23.8. The number of sulfonamides is 4. The molecule has 0 fully saturated rings. The van der Waals surface area contributed by atoms with Gasteiger partial charge in [0.05, 0.1) is 25.1 Å². The summed E-state index contributed by atoms with van der Waals surface area (Å²) < 4.78 is 107. The van der Waals surface area contributed by atoms with Gasteiger partial charge in [0.2, 0.25) is 23.6 Å². The van der Waals surface area contributed by atoms with Gasteiger partial charge in [-0.3, -0.25) is 96.0 Å². The van der Waals surface area contributed by atoms with Crippen LogP contribution in [0, 0.1) is 27.7 Å². The molecule has 704 valence electrons. The predicted octanol–water partition coefficient (Wildman–Crippen LogP) is 9.76. The minimum Gasteiger partial charge on any atom is -0.505 e. The Labute approximate surface area is 776 Å². The van der Waals surface area contributed by atoms with Gasteiger partial charge in [-0.2, -0.15) is 0 Å². The minimum absolute atomic E-state index is 0.0142. The van der Waals surface area contributed by atoms with Crippen molar-refractivity contribution >= 4 is 199 Å². The molecule has 8 amide bonds. The van der Waals surface area contributed by atoms with Gasteiger partial charge in [0.1, 0.15) is 5.69 Å². The van der Waals surface area contributed by atoms with E-state index in [0.717, 1.165) is 78.9 Å². The summed E-state index contributed by atoms with van der Waals surface area (Å²) in [5.41, 5.74) is -2.15. The Bertz CT molecular complexity index is 6530. The lowest BCUT2D eigenvalue weighted by Gasteiger charge is -2.29. The molecule has 8 aromatic rings. The largest absolute Gasteiger partial charge is 0.505 e. The third-order valence-electron chi connectivity index (χ3n) is 19.8. The molecule has 4 aliphatic heterocycles. The van der Waals surface area contributed by atoms with E-state index < -0.39 is 127 Å². The number of Topliss-reactive ketones (excluding diaryl/α,β-unsaturated/α-hetero) is 4. The second kappa shape index (κ2) is 44.3. The average Bonchev–Trinajstić information content (AvgIpc) is 0.964. The second-order valence-corrected chi connectivity index (χ2v) is 42.1. The molecule has 0 bridgehead atoms. The van der Waals surface area contributed by atoms with Crippen LogP contribution in [0.5, 0.6) is 0 Å². The van der Waals surface area contributed by atoms with Crippen LogP contribution in [0.3, 0.4) is 0 Å². The van der Waals surface area contributed by atoms with Gasteiger partial charge in [-0.05, 0) is 95.8 Å². The Morgan fingerprint density at radius 1 is 0.348 bits per heavy atom. The monoisotopic (exact) mass is 1970 g/mol. The molecular formula is C84H96N16O24S8. The van der Waals surface area contributed by atoms with Gasteiger partial charge in [-0.15, -0.1) is 45.3 Å². The Morgan fingerprint density at radius 3 is 1.09 bits per heavy atom. The van der Waals surface area contributed by atoms with E-state index in [1.807, 2.05) is 27.7 Å². The zero-order chi connectivity index (χ0) is 97.3. The number of nitrogens with one attached hydrogen (secondary N) is 8. The molecule has 12 N–H and O–H groups in total. The summed E-state index contributed by atoms with van der Waals surface area (Å²) in [4.78, 5) is 167. The summed E-state index contributed by atoms with van der Waals surface area (Å²) in [6.07, 6.45) is 7.25. The lowest BCUT2D eigenvalue weighted by molar-refractivity contribution is -0.121. The molecule has 4 aromatic heterocycles. The number of carbonyl (C=O) groups is 12. The molecule has 0 unspecified atom stereocenters. The molecule has 12 rings (SSSR count). The second-order valence-electron chi connectivity index (χ2n) is 29.4. The van der Waals surface area contributed by atoms with Crippen molar-refractivity contribution in [1.29, 1.82) is 0 Å². The highest BCUT2D eigenvalue weighted by atomic mass is 32.2. The number of ketones is 4. The highest BCUT2D eigenvalue weighted by Crippen LogP contribution is 2.42. The van der Waals surface area contributed by atoms with Crippen LogP contribution in [0.1, 0.15) is 188 Å². The molecule has 0 aliphatic carbocycles. The topological polar surface area (TPSA) is 583 Å². The molecule has 8 heterocycles. The molecule has 0 radical (unpaired) electrons. The van der Waals surface area contributed by atoms with E-state index in [0.29, 0.717) is 48.3 Å². The Kier molecular flexibility index (Phi) is 34.5. The normalized spacial score (nSPS) is 14.6. The summed E-state index contributed by atoms with van der Waals surface area (Å²) in [7, 11) is -12.0. The van der Waals surface area contributed by atoms with Crippen molar-refractivity contribution in [1.82, 2.24) is 58.4 Å². The lowest BCUT2D eigenvalue weighted by Crippen LogP contribution is -2.37. The Hall–Kier alpha value is -13.0. The van der Waals surface area contributed by atoms with E-state index in [1.54, 1.807) is 52.4 Å². The smallest absolute Gasteiger partial charge is 0.278 e. The van der Waals surface area contributed by atoms with E-state index in [-0.39, 0.29) is 166 Å². The zero-order valence-corrected chi connectivity index (χ0v) is 79.9. The van der Waals surface area contributed by atoms with Crippen LogP contribution in [-0.4, -0.2) is 216 Å². The van der Waals surface area contributed by atoms with Gasteiger partial charge in [0.15, 0.2) is 89.5 Å². The van der Waals surface area contributed by atoms with Crippen LogP contribution in [0.25, 0.3) is 23.0 Å². The summed E-state index contributed by atoms with van der Waals surface area (Å²) in [5, 5.41) is 64.6. The Balaban J connectivity index is 0.000000198. The molecule has 0 spiro atoms. The van der Waals surface area contributed by atoms with E-state index in [9.17, 15) is 112 Å². The van der Waals surface area contributed by atoms with Gasteiger partial charge in [-0.1, -0.05) is 64.1 Å². The Morgan fingerprint density at radius 2 is 0.682 bits per heavy atom. The van der Waals surface area contributed by atoms with E-state index in [1.165, 1.54) is 108 Å². The fraction of sp³-hybridized carbons (Fsp3) is 0.333. The maximum absolute atomic E-state index is 13.1. The summed E-state index contributed by atoms with van der Waals surface area (Å²) in [5.74, 6) is -8.44. The maximum Gasteiger partial charge on any atom is 0.278 e. The first-order valence-electron chi connectivity index (χ1n) is 40.7. The van der Waals surface area contributed by atoms with Crippen molar-refractivity contribution in [2.45, 2.75) is 152 Å². The van der Waals surface area contributed by atoms with Gasteiger partial charge < -0.3 is 41.7 Å². The van der Waals surface area contributed by atoms with Crippen LogP contribution >= 0.6 is 45.3 Å². The number of thiazole rings is 4. The molecule has 0 saturated carbocycles. The van der Waals surface area contributed by atoms with Gasteiger partial charge in [0, 0.05) is 177 Å². The number of rotatable bonds is 32. The molecule has 4 aliphatic rings. The zero-order valence-electron chi connectivity index (χ0n) is 73.3. The fourth-order valence-electron chi connectivity index (χ4n) is 12.9. The van der Waals surface area contributed by atoms with E-state index in [2.05, 4.69) is 62.5 Å². The molecule has 4 aromatic carbocycles. The number of nitrogens with zero attached hydrogens (tertiary/aromatic N) is 8. The average molecular weight is 1970 g/mol. The first kappa shape index (κ1) is 103. The fourth-order valence-corrected chi connectivity index (χ4v) is 21.4. The minimum atomic E-state index is -4.23. The van der Waals surface area contributed by atoms with Crippen LogP contribution in [0.4, 0.5) is 20.5 Å². The van der Waals surface area contributed by atoms with Crippen molar-refractivity contribution < 1.29 is 112 Å². The molecule has 40 nitrogen and oxygen atoms in total. The summed E-state index contributed by atoms with van der Waals surface area (Å²) in [6.45, 7) is 16.7. The highest BCUT2D eigenvalue weighted by molar-refractivity contribution is 7.90. The van der Waals surface area contributed by atoms with Crippen molar-refractivity contribution in [3.8, 4) is 0 Å². The number of aromatic nitrogens is 4. The third-order valence-corrected chi connectivity index (χ3v) is 30.4.